The number of carboxylic acid groups (broad SMARTS) is 1. The second-order valence-electron chi connectivity index (χ2n) is 6.10. The summed E-state index contributed by atoms with van der Waals surface area (Å²) in [5.74, 6) is -0.533. The monoisotopic (exact) mass is 287 g/mol. The molecule has 4 heteroatoms. The summed E-state index contributed by atoms with van der Waals surface area (Å²) in [6.45, 7) is 0.758. The lowest BCUT2D eigenvalue weighted by Crippen LogP contribution is -2.49. The molecule has 1 aromatic rings. The molecule has 1 aliphatic heterocycles. The molecule has 112 valence electrons. The molecule has 4 nitrogen and oxygen atoms in total. The summed E-state index contributed by atoms with van der Waals surface area (Å²) in [5, 5.41) is 9.27. The lowest BCUT2D eigenvalue weighted by Gasteiger charge is -2.44. The number of carbonyl (C=O) groups excluding carboxylic acids is 1. The van der Waals surface area contributed by atoms with Gasteiger partial charge in [0, 0.05) is 12.6 Å². The molecular formula is C17H21NO3. The highest BCUT2D eigenvalue weighted by atomic mass is 16.4. The molecule has 0 spiro atoms. The van der Waals surface area contributed by atoms with Gasteiger partial charge in [-0.15, -0.1) is 0 Å². The Morgan fingerprint density at radius 1 is 1.00 bits per heavy atom. The molecule has 2 fully saturated rings. The van der Waals surface area contributed by atoms with Crippen LogP contribution in [0, 0.1) is 5.92 Å². The lowest BCUT2D eigenvalue weighted by atomic mass is 9.78. The van der Waals surface area contributed by atoms with E-state index in [0.717, 1.165) is 19.4 Å². The largest absolute Gasteiger partial charge is 0.478 e. The molecular weight excluding hydrogens is 266 g/mol. The average Bonchev–Trinajstić information content (AvgIpc) is 2.53. The molecule has 2 aliphatic rings. The molecule has 1 aliphatic carbocycles. The number of aromatic carboxylic acids is 1. The van der Waals surface area contributed by atoms with E-state index < -0.39 is 5.97 Å². The van der Waals surface area contributed by atoms with Gasteiger partial charge in [-0.2, -0.15) is 0 Å². The highest BCUT2D eigenvalue weighted by Gasteiger charge is 2.36. The maximum Gasteiger partial charge on any atom is 0.336 e. The van der Waals surface area contributed by atoms with Crippen LogP contribution >= 0.6 is 0 Å². The van der Waals surface area contributed by atoms with Crippen LogP contribution in [0.2, 0.25) is 0 Å². The van der Waals surface area contributed by atoms with Crippen LogP contribution in [0.4, 0.5) is 0 Å². The Hall–Kier alpha value is -1.84. The first-order valence-corrected chi connectivity index (χ1v) is 7.82. The minimum absolute atomic E-state index is 0.107. The molecule has 2 atom stereocenters. The molecule has 1 aromatic carbocycles. The van der Waals surface area contributed by atoms with Crippen molar-refractivity contribution in [2.75, 3.05) is 6.54 Å². The van der Waals surface area contributed by atoms with Crippen LogP contribution in [-0.2, 0) is 0 Å². The number of likely N-dealkylation sites (tertiary alicyclic amines) is 1. The fourth-order valence-electron chi connectivity index (χ4n) is 3.89. The van der Waals surface area contributed by atoms with Crippen LogP contribution in [0.3, 0.4) is 0 Å². The van der Waals surface area contributed by atoms with E-state index >= 15 is 0 Å². The van der Waals surface area contributed by atoms with Gasteiger partial charge >= 0.3 is 5.97 Å². The van der Waals surface area contributed by atoms with Crippen molar-refractivity contribution < 1.29 is 14.7 Å². The zero-order valence-electron chi connectivity index (χ0n) is 12.1. The zero-order valence-corrected chi connectivity index (χ0v) is 12.1. The number of piperidine rings is 1. The highest BCUT2D eigenvalue weighted by molar-refractivity contribution is 6.04. The number of amides is 1. The Balaban J connectivity index is 1.89. The first kappa shape index (κ1) is 14.1. The third-order valence-corrected chi connectivity index (χ3v) is 4.89. The van der Waals surface area contributed by atoms with E-state index in [1.165, 1.54) is 31.7 Å². The Morgan fingerprint density at radius 2 is 1.67 bits per heavy atom. The van der Waals surface area contributed by atoms with Crippen molar-refractivity contribution in [3.05, 3.63) is 35.4 Å². The standard InChI is InChI=1S/C17H21NO3/c19-16(13-8-2-3-9-14(13)17(20)21)18-11-5-7-12-6-1-4-10-15(12)18/h2-3,8-9,12,15H,1,4-7,10-11H2,(H,20,21)/t12-,15-/m1/s1. The van der Waals surface area contributed by atoms with E-state index in [0.29, 0.717) is 17.5 Å². The van der Waals surface area contributed by atoms with Crippen molar-refractivity contribution in [2.45, 2.75) is 44.6 Å². The minimum Gasteiger partial charge on any atom is -0.478 e. The van der Waals surface area contributed by atoms with Crippen LogP contribution in [0.25, 0.3) is 0 Å². The van der Waals surface area contributed by atoms with Gasteiger partial charge in [0.15, 0.2) is 0 Å². The molecule has 1 saturated carbocycles. The van der Waals surface area contributed by atoms with E-state index in [1.807, 2.05) is 4.90 Å². The van der Waals surface area contributed by atoms with Gasteiger partial charge in [0.05, 0.1) is 11.1 Å². The normalized spacial score (nSPS) is 25.2. The van der Waals surface area contributed by atoms with E-state index in [9.17, 15) is 14.7 Å². The number of hydrogen-bond acceptors (Lipinski definition) is 2. The molecule has 1 heterocycles. The molecule has 21 heavy (non-hydrogen) atoms. The van der Waals surface area contributed by atoms with E-state index in [1.54, 1.807) is 18.2 Å². The lowest BCUT2D eigenvalue weighted by molar-refractivity contribution is 0.0385. The van der Waals surface area contributed by atoms with Crippen LogP contribution in [0.15, 0.2) is 24.3 Å². The Bertz CT molecular complexity index is 553. The van der Waals surface area contributed by atoms with Crippen molar-refractivity contribution in [2.24, 2.45) is 5.92 Å². The number of fused-ring (bicyclic) bond motifs is 1. The summed E-state index contributed by atoms with van der Waals surface area (Å²) in [5.41, 5.74) is 0.441. The SMILES string of the molecule is O=C(O)c1ccccc1C(=O)N1CCC[C@H]2CCCC[C@H]21. The molecule has 1 amide bonds. The molecule has 0 unspecified atom stereocenters. The summed E-state index contributed by atoms with van der Waals surface area (Å²) in [7, 11) is 0. The quantitative estimate of drug-likeness (QED) is 0.909. The van der Waals surface area contributed by atoms with Gasteiger partial charge in [-0.1, -0.05) is 25.0 Å². The molecule has 0 radical (unpaired) electrons. The van der Waals surface area contributed by atoms with Gasteiger partial charge < -0.3 is 10.0 Å². The predicted octanol–water partition coefficient (Wildman–Crippen LogP) is 3.18. The molecule has 1 saturated heterocycles. The topological polar surface area (TPSA) is 57.6 Å². The zero-order chi connectivity index (χ0) is 14.8. The van der Waals surface area contributed by atoms with Gasteiger partial charge in [0.2, 0.25) is 0 Å². The van der Waals surface area contributed by atoms with Gasteiger partial charge in [-0.05, 0) is 43.7 Å². The van der Waals surface area contributed by atoms with E-state index in [-0.39, 0.29) is 11.5 Å². The van der Waals surface area contributed by atoms with Crippen LogP contribution in [0.1, 0.15) is 59.2 Å². The van der Waals surface area contributed by atoms with Crippen molar-refractivity contribution in [1.82, 2.24) is 4.90 Å². The fourth-order valence-corrected chi connectivity index (χ4v) is 3.89. The van der Waals surface area contributed by atoms with E-state index in [2.05, 4.69) is 0 Å². The third-order valence-electron chi connectivity index (χ3n) is 4.89. The molecule has 0 bridgehead atoms. The summed E-state index contributed by atoms with van der Waals surface area (Å²) in [6.07, 6.45) is 6.93. The maximum atomic E-state index is 12.8. The van der Waals surface area contributed by atoms with Gasteiger partial charge in [0.1, 0.15) is 0 Å². The Labute approximate surface area is 124 Å². The Kier molecular flexibility index (Phi) is 3.95. The van der Waals surface area contributed by atoms with Crippen LogP contribution in [0.5, 0.6) is 0 Å². The van der Waals surface area contributed by atoms with E-state index in [4.69, 9.17) is 0 Å². The predicted molar refractivity (Wildman–Crippen MR) is 79.4 cm³/mol. The highest BCUT2D eigenvalue weighted by Crippen LogP contribution is 2.36. The van der Waals surface area contributed by atoms with Gasteiger partial charge in [-0.25, -0.2) is 4.79 Å². The molecule has 1 N–H and O–H groups in total. The second kappa shape index (κ2) is 5.88. The number of rotatable bonds is 2. The second-order valence-corrected chi connectivity index (χ2v) is 6.10. The van der Waals surface area contributed by atoms with Gasteiger partial charge in [-0.3, -0.25) is 4.79 Å². The van der Waals surface area contributed by atoms with Crippen molar-refractivity contribution in [3.63, 3.8) is 0 Å². The summed E-state index contributed by atoms with van der Waals surface area (Å²) >= 11 is 0. The summed E-state index contributed by atoms with van der Waals surface area (Å²) < 4.78 is 0. The van der Waals surface area contributed by atoms with Crippen molar-refractivity contribution in [1.29, 1.82) is 0 Å². The number of benzene rings is 1. The molecule has 0 aromatic heterocycles. The minimum atomic E-state index is -1.03. The van der Waals surface area contributed by atoms with Crippen LogP contribution < -0.4 is 0 Å². The fraction of sp³-hybridized carbons (Fsp3) is 0.529. The summed E-state index contributed by atoms with van der Waals surface area (Å²) in [4.78, 5) is 26.1. The maximum absolute atomic E-state index is 12.8. The first-order valence-electron chi connectivity index (χ1n) is 7.82. The third kappa shape index (κ3) is 2.67. The first-order chi connectivity index (χ1) is 10.2. The molecule has 3 rings (SSSR count). The summed E-state index contributed by atoms with van der Waals surface area (Å²) in [6, 6.07) is 6.86. The average molecular weight is 287 g/mol. The smallest absolute Gasteiger partial charge is 0.336 e. The van der Waals surface area contributed by atoms with Crippen LogP contribution in [-0.4, -0.2) is 34.5 Å². The number of hydrogen-bond donors (Lipinski definition) is 1. The number of carboxylic acids is 1. The van der Waals surface area contributed by atoms with Gasteiger partial charge in [0.25, 0.3) is 5.91 Å². The van der Waals surface area contributed by atoms with Crippen molar-refractivity contribution >= 4 is 11.9 Å². The number of nitrogens with zero attached hydrogens (tertiary/aromatic N) is 1. The Morgan fingerprint density at radius 3 is 2.43 bits per heavy atom. The van der Waals surface area contributed by atoms with Crippen molar-refractivity contribution in [3.8, 4) is 0 Å². The number of carbonyl (C=O) groups is 2.